The SMILES string of the molecule is Cc1nc(CSc2ccccc2C(=O)Nc2ccc(-c3csc(C)n3)cc2)cs1. The molecule has 4 rings (SSSR count). The molecule has 0 atom stereocenters. The number of anilines is 1. The number of amides is 1. The van der Waals surface area contributed by atoms with Gasteiger partial charge in [0, 0.05) is 32.7 Å². The number of thioether (sulfide) groups is 1. The molecule has 2 aromatic carbocycles. The molecule has 0 unspecified atom stereocenters. The van der Waals surface area contributed by atoms with Crippen LogP contribution in [0.4, 0.5) is 5.69 Å². The topological polar surface area (TPSA) is 54.9 Å². The van der Waals surface area contributed by atoms with Crippen LogP contribution in [-0.4, -0.2) is 15.9 Å². The van der Waals surface area contributed by atoms with E-state index in [-0.39, 0.29) is 5.91 Å². The lowest BCUT2D eigenvalue weighted by molar-refractivity contribution is 0.102. The van der Waals surface area contributed by atoms with E-state index < -0.39 is 0 Å². The Morgan fingerprint density at radius 3 is 2.38 bits per heavy atom. The molecule has 146 valence electrons. The number of carbonyl (C=O) groups is 1. The van der Waals surface area contributed by atoms with Crippen LogP contribution in [0.2, 0.25) is 0 Å². The fourth-order valence-electron chi connectivity index (χ4n) is 2.83. The molecule has 0 fully saturated rings. The van der Waals surface area contributed by atoms with Crippen molar-refractivity contribution in [1.29, 1.82) is 0 Å². The van der Waals surface area contributed by atoms with Gasteiger partial charge in [0.15, 0.2) is 0 Å². The van der Waals surface area contributed by atoms with Crippen molar-refractivity contribution in [3.05, 3.63) is 80.6 Å². The van der Waals surface area contributed by atoms with Crippen LogP contribution in [0.25, 0.3) is 11.3 Å². The number of aryl methyl sites for hydroxylation is 2. The predicted molar refractivity (Wildman–Crippen MR) is 123 cm³/mol. The number of nitrogens with one attached hydrogen (secondary N) is 1. The summed E-state index contributed by atoms with van der Waals surface area (Å²) in [5.74, 6) is 0.635. The Morgan fingerprint density at radius 2 is 1.69 bits per heavy atom. The van der Waals surface area contributed by atoms with Crippen LogP contribution in [0.15, 0.2) is 64.2 Å². The molecular weight excluding hydrogens is 418 g/mol. The van der Waals surface area contributed by atoms with Crippen molar-refractivity contribution in [3.8, 4) is 11.3 Å². The van der Waals surface area contributed by atoms with E-state index in [0.717, 1.165) is 43.3 Å². The first-order valence-corrected chi connectivity index (χ1v) is 11.8. The minimum Gasteiger partial charge on any atom is -0.322 e. The van der Waals surface area contributed by atoms with Crippen LogP contribution in [-0.2, 0) is 5.75 Å². The number of rotatable bonds is 6. The van der Waals surface area contributed by atoms with Crippen molar-refractivity contribution >= 4 is 46.0 Å². The molecule has 2 heterocycles. The second kappa shape index (κ2) is 8.90. The highest BCUT2D eigenvalue weighted by Gasteiger charge is 2.13. The van der Waals surface area contributed by atoms with Gasteiger partial charge in [-0.1, -0.05) is 24.3 Å². The highest BCUT2D eigenvalue weighted by atomic mass is 32.2. The Morgan fingerprint density at radius 1 is 0.966 bits per heavy atom. The maximum atomic E-state index is 12.9. The third-order valence-electron chi connectivity index (χ3n) is 4.23. The molecular formula is C22H19N3OS3. The monoisotopic (exact) mass is 437 g/mol. The molecule has 2 aromatic heterocycles. The van der Waals surface area contributed by atoms with Crippen LogP contribution in [0, 0.1) is 13.8 Å². The van der Waals surface area contributed by atoms with Crippen LogP contribution < -0.4 is 5.32 Å². The van der Waals surface area contributed by atoms with Gasteiger partial charge in [-0.3, -0.25) is 4.79 Å². The third-order valence-corrected chi connectivity index (χ3v) is 6.93. The summed E-state index contributed by atoms with van der Waals surface area (Å²) in [6, 6.07) is 15.5. The number of hydrogen-bond donors (Lipinski definition) is 1. The third kappa shape index (κ3) is 4.93. The van der Waals surface area contributed by atoms with Gasteiger partial charge >= 0.3 is 0 Å². The highest BCUT2D eigenvalue weighted by molar-refractivity contribution is 7.98. The lowest BCUT2D eigenvalue weighted by Gasteiger charge is -2.10. The second-order valence-electron chi connectivity index (χ2n) is 6.43. The van der Waals surface area contributed by atoms with Gasteiger partial charge in [0.1, 0.15) is 0 Å². The lowest BCUT2D eigenvalue weighted by Crippen LogP contribution is -2.12. The van der Waals surface area contributed by atoms with E-state index in [4.69, 9.17) is 0 Å². The smallest absolute Gasteiger partial charge is 0.256 e. The van der Waals surface area contributed by atoms with Gasteiger partial charge in [-0.25, -0.2) is 9.97 Å². The standard InChI is InChI=1S/C22H19N3OS3/c1-14-23-18(11-27-14)12-29-21-6-4-3-5-19(21)22(26)25-17-9-7-16(8-10-17)20-13-28-15(2)24-20/h3-11,13H,12H2,1-2H3,(H,25,26). The first-order valence-electron chi connectivity index (χ1n) is 9.05. The van der Waals surface area contributed by atoms with Crippen molar-refractivity contribution in [3.63, 3.8) is 0 Å². The van der Waals surface area contributed by atoms with Gasteiger partial charge in [-0.15, -0.1) is 34.4 Å². The van der Waals surface area contributed by atoms with Gasteiger partial charge in [0.25, 0.3) is 5.91 Å². The number of thiazole rings is 2. The zero-order chi connectivity index (χ0) is 20.2. The minimum atomic E-state index is -0.111. The summed E-state index contributed by atoms with van der Waals surface area (Å²) in [6.45, 7) is 3.99. The van der Waals surface area contributed by atoms with E-state index in [1.54, 1.807) is 34.4 Å². The number of nitrogens with zero attached hydrogens (tertiary/aromatic N) is 2. The van der Waals surface area contributed by atoms with Gasteiger partial charge in [0.2, 0.25) is 0 Å². The molecule has 4 nitrogen and oxygen atoms in total. The number of aromatic nitrogens is 2. The minimum absolute atomic E-state index is 0.111. The normalized spacial score (nSPS) is 10.8. The summed E-state index contributed by atoms with van der Waals surface area (Å²) in [7, 11) is 0. The molecule has 0 saturated carbocycles. The van der Waals surface area contributed by atoms with Gasteiger partial charge in [0.05, 0.1) is 27.0 Å². The highest BCUT2D eigenvalue weighted by Crippen LogP contribution is 2.28. The average molecular weight is 438 g/mol. The number of benzene rings is 2. The molecule has 0 aliphatic heterocycles. The Balaban J connectivity index is 1.45. The summed E-state index contributed by atoms with van der Waals surface area (Å²) in [6.07, 6.45) is 0. The van der Waals surface area contributed by atoms with Gasteiger partial charge in [-0.05, 0) is 38.1 Å². The van der Waals surface area contributed by atoms with Crippen molar-refractivity contribution in [1.82, 2.24) is 9.97 Å². The van der Waals surface area contributed by atoms with Gasteiger partial charge < -0.3 is 5.32 Å². The van der Waals surface area contributed by atoms with E-state index in [1.807, 2.05) is 67.8 Å². The van der Waals surface area contributed by atoms with Crippen LogP contribution in [0.5, 0.6) is 0 Å². The molecule has 29 heavy (non-hydrogen) atoms. The fourth-order valence-corrected chi connectivity index (χ4v) is 5.11. The molecule has 1 N–H and O–H groups in total. The zero-order valence-electron chi connectivity index (χ0n) is 16.0. The maximum Gasteiger partial charge on any atom is 0.256 e. The van der Waals surface area contributed by atoms with Crippen molar-refractivity contribution < 1.29 is 4.79 Å². The van der Waals surface area contributed by atoms with E-state index in [2.05, 4.69) is 20.7 Å². The average Bonchev–Trinajstić information content (AvgIpc) is 3.35. The quantitative estimate of drug-likeness (QED) is 0.353. The van der Waals surface area contributed by atoms with E-state index in [1.165, 1.54) is 0 Å². The molecule has 4 aromatic rings. The Labute approximate surface area is 182 Å². The number of carbonyl (C=O) groups excluding carboxylic acids is 1. The number of hydrogen-bond acceptors (Lipinski definition) is 6. The second-order valence-corrected chi connectivity index (χ2v) is 9.57. The molecule has 7 heteroatoms. The summed E-state index contributed by atoms with van der Waals surface area (Å²) in [4.78, 5) is 22.8. The summed E-state index contributed by atoms with van der Waals surface area (Å²) < 4.78 is 0. The summed E-state index contributed by atoms with van der Waals surface area (Å²) in [5.41, 5.74) is 4.48. The molecule has 0 radical (unpaired) electrons. The largest absolute Gasteiger partial charge is 0.322 e. The maximum absolute atomic E-state index is 12.9. The van der Waals surface area contributed by atoms with Crippen molar-refractivity contribution in [2.24, 2.45) is 0 Å². The first-order chi connectivity index (χ1) is 14.1. The van der Waals surface area contributed by atoms with Crippen molar-refractivity contribution in [2.45, 2.75) is 24.5 Å². The van der Waals surface area contributed by atoms with E-state index in [0.29, 0.717) is 5.56 Å². The van der Waals surface area contributed by atoms with E-state index >= 15 is 0 Å². The first kappa shape index (κ1) is 19.8. The summed E-state index contributed by atoms with van der Waals surface area (Å²) >= 11 is 4.91. The zero-order valence-corrected chi connectivity index (χ0v) is 18.5. The van der Waals surface area contributed by atoms with Crippen LogP contribution in [0.3, 0.4) is 0 Å². The molecule has 0 aliphatic carbocycles. The molecule has 0 bridgehead atoms. The Kier molecular flexibility index (Phi) is 6.08. The van der Waals surface area contributed by atoms with E-state index in [9.17, 15) is 4.79 Å². The van der Waals surface area contributed by atoms with Crippen LogP contribution in [0.1, 0.15) is 26.1 Å². The Hall–Kier alpha value is -2.48. The Bertz CT molecular complexity index is 1130. The molecule has 0 aliphatic rings. The van der Waals surface area contributed by atoms with Gasteiger partial charge in [-0.2, -0.15) is 0 Å². The lowest BCUT2D eigenvalue weighted by atomic mass is 10.1. The fraction of sp³-hybridized carbons (Fsp3) is 0.136. The molecule has 1 amide bonds. The molecule has 0 saturated heterocycles. The predicted octanol–water partition coefficient (Wildman–Crippen LogP) is 6.43. The van der Waals surface area contributed by atoms with Crippen LogP contribution >= 0.6 is 34.4 Å². The summed E-state index contributed by atoms with van der Waals surface area (Å²) in [5, 5.41) is 9.21. The molecule has 0 spiro atoms. The van der Waals surface area contributed by atoms with Crippen molar-refractivity contribution in [2.75, 3.05) is 5.32 Å².